The van der Waals surface area contributed by atoms with Gasteiger partial charge in [0.25, 0.3) is 0 Å². The Hall–Kier alpha value is -1.71. The monoisotopic (exact) mass is 289 g/mol. The number of amides is 1. The molecule has 0 spiro atoms. The molecule has 0 atom stereocenters. The van der Waals surface area contributed by atoms with Crippen LogP contribution in [0, 0.1) is 17.7 Å². The summed E-state index contributed by atoms with van der Waals surface area (Å²) in [7, 11) is 0. The highest BCUT2D eigenvalue weighted by molar-refractivity contribution is 5.98. The van der Waals surface area contributed by atoms with Crippen molar-refractivity contribution in [1.82, 2.24) is 4.90 Å². The summed E-state index contributed by atoms with van der Waals surface area (Å²) in [5.41, 5.74) is 0.570. The van der Waals surface area contributed by atoms with Gasteiger partial charge in [-0.05, 0) is 49.9 Å². The first kappa shape index (κ1) is 14.2. The van der Waals surface area contributed by atoms with E-state index in [1.807, 2.05) is 4.90 Å². The highest BCUT2D eigenvalue weighted by Gasteiger charge is 2.33. The second kappa shape index (κ2) is 5.96. The molecule has 4 heteroatoms. The lowest BCUT2D eigenvalue weighted by molar-refractivity contribution is -0.139. The van der Waals surface area contributed by atoms with Crippen molar-refractivity contribution in [1.29, 1.82) is 0 Å². The highest BCUT2D eigenvalue weighted by Crippen LogP contribution is 2.30. The molecule has 2 fully saturated rings. The molecule has 3 rings (SSSR count). The Morgan fingerprint density at radius 3 is 2.10 bits per heavy atom. The van der Waals surface area contributed by atoms with E-state index in [-0.39, 0.29) is 29.3 Å². The number of ketones is 1. The van der Waals surface area contributed by atoms with Gasteiger partial charge in [-0.25, -0.2) is 4.39 Å². The van der Waals surface area contributed by atoms with Crippen LogP contribution in [0.5, 0.6) is 0 Å². The zero-order valence-corrected chi connectivity index (χ0v) is 12.1. The van der Waals surface area contributed by atoms with Crippen LogP contribution in [0.1, 0.15) is 42.5 Å². The second-order valence-corrected chi connectivity index (χ2v) is 6.10. The summed E-state index contributed by atoms with van der Waals surface area (Å²) in [4.78, 5) is 26.4. The first-order chi connectivity index (χ1) is 10.1. The minimum Gasteiger partial charge on any atom is -0.342 e. The zero-order chi connectivity index (χ0) is 14.8. The Kier molecular flexibility index (Phi) is 4.04. The molecule has 1 amide bonds. The van der Waals surface area contributed by atoms with E-state index in [0.29, 0.717) is 31.5 Å². The van der Waals surface area contributed by atoms with E-state index in [2.05, 4.69) is 0 Å². The molecule has 0 unspecified atom stereocenters. The van der Waals surface area contributed by atoms with Crippen LogP contribution < -0.4 is 0 Å². The lowest BCUT2D eigenvalue weighted by Gasteiger charge is -2.36. The van der Waals surface area contributed by atoms with Crippen LogP contribution in [-0.4, -0.2) is 29.7 Å². The molecular formula is C17H20FNO2. The van der Waals surface area contributed by atoms with Gasteiger partial charge in [0.1, 0.15) is 5.82 Å². The molecule has 1 saturated carbocycles. The minimum absolute atomic E-state index is 0.0408. The van der Waals surface area contributed by atoms with Crippen LogP contribution in [0.4, 0.5) is 4.39 Å². The molecule has 3 nitrogen and oxygen atoms in total. The van der Waals surface area contributed by atoms with E-state index in [4.69, 9.17) is 0 Å². The maximum atomic E-state index is 12.9. The van der Waals surface area contributed by atoms with Crippen LogP contribution in [0.3, 0.4) is 0 Å². The zero-order valence-electron chi connectivity index (χ0n) is 12.1. The number of likely N-dealkylation sites (tertiary alicyclic amines) is 1. The number of carbonyl (C=O) groups excluding carboxylic acids is 2. The van der Waals surface area contributed by atoms with Gasteiger partial charge < -0.3 is 4.90 Å². The quantitative estimate of drug-likeness (QED) is 0.802. The number of piperidine rings is 1. The molecule has 1 aliphatic heterocycles. The summed E-state index contributed by atoms with van der Waals surface area (Å²) < 4.78 is 12.9. The van der Waals surface area contributed by atoms with E-state index < -0.39 is 0 Å². The van der Waals surface area contributed by atoms with Crippen molar-refractivity contribution in [3.63, 3.8) is 0 Å². The largest absolute Gasteiger partial charge is 0.342 e. The lowest BCUT2D eigenvalue weighted by atomic mass is 9.83. The van der Waals surface area contributed by atoms with Crippen molar-refractivity contribution in [3.05, 3.63) is 35.6 Å². The van der Waals surface area contributed by atoms with Crippen molar-refractivity contribution >= 4 is 11.7 Å². The van der Waals surface area contributed by atoms with Gasteiger partial charge in [0.2, 0.25) is 5.91 Å². The Labute approximate surface area is 124 Å². The SMILES string of the molecule is O=C(c1ccc(F)cc1)C1CCN(C(=O)C2CCC2)CC1. The number of benzene rings is 1. The van der Waals surface area contributed by atoms with Crippen LogP contribution in [0.15, 0.2) is 24.3 Å². The Morgan fingerprint density at radius 1 is 0.952 bits per heavy atom. The van der Waals surface area contributed by atoms with Crippen molar-refractivity contribution in [2.24, 2.45) is 11.8 Å². The van der Waals surface area contributed by atoms with Crippen LogP contribution in [0.25, 0.3) is 0 Å². The molecule has 1 saturated heterocycles. The van der Waals surface area contributed by atoms with Crippen molar-refractivity contribution in [2.45, 2.75) is 32.1 Å². The molecule has 1 heterocycles. The molecule has 0 bridgehead atoms. The maximum Gasteiger partial charge on any atom is 0.225 e. The first-order valence-electron chi connectivity index (χ1n) is 7.74. The van der Waals surface area contributed by atoms with Crippen molar-refractivity contribution in [3.8, 4) is 0 Å². The summed E-state index contributed by atoms with van der Waals surface area (Å²) in [6, 6.07) is 5.73. The van der Waals surface area contributed by atoms with Crippen LogP contribution in [-0.2, 0) is 4.79 Å². The van der Waals surface area contributed by atoms with E-state index in [9.17, 15) is 14.0 Å². The Balaban J connectivity index is 1.56. The van der Waals surface area contributed by atoms with E-state index in [1.165, 1.54) is 12.1 Å². The molecule has 1 aliphatic carbocycles. The van der Waals surface area contributed by atoms with E-state index >= 15 is 0 Å². The number of rotatable bonds is 3. The molecule has 0 aromatic heterocycles. The molecule has 112 valence electrons. The summed E-state index contributed by atoms with van der Waals surface area (Å²) in [6.45, 7) is 1.35. The predicted molar refractivity (Wildman–Crippen MR) is 77.4 cm³/mol. The van der Waals surface area contributed by atoms with Gasteiger partial charge in [0.05, 0.1) is 0 Å². The third-order valence-electron chi connectivity index (χ3n) is 4.76. The number of hydrogen-bond acceptors (Lipinski definition) is 2. The predicted octanol–water partition coefficient (Wildman–Crippen LogP) is 3.05. The Bertz CT molecular complexity index is 528. The molecule has 21 heavy (non-hydrogen) atoms. The number of carbonyl (C=O) groups is 2. The smallest absolute Gasteiger partial charge is 0.225 e. The maximum absolute atomic E-state index is 12.9. The molecule has 1 aromatic carbocycles. The third kappa shape index (κ3) is 2.99. The van der Waals surface area contributed by atoms with Gasteiger partial charge in [-0.1, -0.05) is 6.42 Å². The fourth-order valence-corrected chi connectivity index (χ4v) is 3.13. The minimum atomic E-state index is -0.326. The van der Waals surface area contributed by atoms with E-state index in [0.717, 1.165) is 19.3 Å². The van der Waals surface area contributed by atoms with Gasteiger partial charge in [-0.3, -0.25) is 9.59 Å². The molecule has 0 radical (unpaired) electrons. The van der Waals surface area contributed by atoms with Gasteiger partial charge in [0.15, 0.2) is 5.78 Å². The normalized spacial score (nSPS) is 20.1. The van der Waals surface area contributed by atoms with Crippen LogP contribution >= 0.6 is 0 Å². The Morgan fingerprint density at radius 2 is 1.57 bits per heavy atom. The fourth-order valence-electron chi connectivity index (χ4n) is 3.13. The van der Waals surface area contributed by atoms with Gasteiger partial charge in [0, 0.05) is 30.5 Å². The van der Waals surface area contributed by atoms with E-state index in [1.54, 1.807) is 12.1 Å². The average Bonchev–Trinajstić information content (AvgIpc) is 2.46. The topological polar surface area (TPSA) is 37.4 Å². The number of Topliss-reactive ketones (excluding diaryl/α,β-unsaturated/α-hetero) is 1. The molecule has 1 aromatic rings. The average molecular weight is 289 g/mol. The number of halogens is 1. The molecular weight excluding hydrogens is 269 g/mol. The lowest BCUT2D eigenvalue weighted by Crippen LogP contribution is -2.44. The van der Waals surface area contributed by atoms with Gasteiger partial charge >= 0.3 is 0 Å². The summed E-state index contributed by atoms with van der Waals surface area (Å²) >= 11 is 0. The molecule has 0 N–H and O–H groups in total. The summed E-state index contributed by atoms with van der Waals surface area (Å²) in [6.07, 6.45) is 4.64. The molecule has 2 aliphatic rings. The number of nitrogens with zero attached hydrogens (tertiary/aromatic N) is 1. The van der Waals surface area contributed by atoms with Gasteiger partial charge in [-0.2, -0.15) is 0 Å². The van der Waals surface area contributed by atoms with Gasteiger partial charge in [-0.15, -0.1) is 0 Å². The number of hydrogen-bond donors (Lipinski definition) is 0. The second-order valence-electron chi connectivity index (χ2n) is 6.10. The standard InChI is InChI=1S/C17H20FNO2/c18-15-6-4-12(5-7-15)16(20)13-8-10-19(11-9-13)17(21)14-2-1-3-14/h4-7,13-14H,1-3,8-11H2. The fraction of sp³-hybridized carbons (Fsp3) is 0.529. The van der Waals surface area contributed by atoms with Crippen molar-refractivity contribution in [2.75, 3.05) is 13.1 Å². The van der Waals surface area contributed by atoms with Crippen molar-refractivity contribution < 1.29 is 14.0 Å². The summed E-state index contributed by atoms with van der Waals surface area (Å²) in [5, 5.41) is 0. The summed E-state index contributed by atoms with van der Waals surface area (Å²) in [5.74, 6) is 0.211. The first-order valence-corrected chi connectivity index (χ1v) is 7.74. The van der Waals surface area contributed by atoms with Crippen LogP contribution in [0.2, 0.25) is 0 Å². The third-order valence-corrected chi connectivity index (χ3v) is 4.76. The highest BCUT2D eigenvalue weighted by atomic mass is 19.1.